The Hall–Kier alpha value is -3.80. The van der Waals surface area contributed by atoms with Gasteiger partial charge >= 0.3 is 12.0 Å². The Labute approximate surface area is 218 Å². The standard InChI is InChI=1S/C31H34N2O4/c1-4-36-27(34)16-20(3)23-17-25-28(21-8-6-5-7-9-21)29(22-12-13-22)37-30(25)26(18-23)33-31(35)32-24-14-10-19(2)11-15-24/h5-11,14-15,17-18,20,22,28-29H,4,12-13,16H2,1-3H3,(H2,32,33,35)/t20-,28+,29-/m1/s1. The molecular weight excluding hydrogens is 464 g/mol. The van der Waals surface area contributed by atoms with Gasteiger partial charge in [-0.1, -0.05) is 61.0 Å². The van der Waals surface area contributed by atoms with Crippen molar-refractivity contribution in [3.8, 4) is 5.75 Å². The fourth-order valence-electron chi connectivity index (χ4n) is 5.13. The van der Waals surface area contributed by atoms with Crippen molar-refractivity contribution in [2.75, 3.05) is 17.2 Å². The van der Waals surface area contributed by atoms with E-state index in [4.69, 9.17) is 9.47 Å². The number of carbonyl (C=O) groups is 2. The van der Waals surface area contributed by atoms with Crippen LogP contribution in [0.5, 0.6) is 5.75 Å². The molecule has 3 aromatic carbocycles. The van der Waals surface area contributed by atoms with Gasteiger partial charge in [0.25, 0.3) is 0 Å². The number of carbonyl (C=O) groups excluding carboxylic acids is 2. The van der Waals surface area contributed by atoms with Gasteiger partial charge in [-0.05, 0) is 67.9 Å². The molecule has 0 saturated heterocycles. The van der Waals surface area contributed by atoms with Crippen molar-refractivity contribution in [1.82, 2.24) is 0 Å². The molecule has 37 heavy (non-hydrogen) atoms. The number of amides is 2. The number of hydrogen-bond donors (Lipinski definition) is 2. The van der Waals surface area contributed by atoms with Gasteiger partial charge in [0.1, 0.15) is 11.9 Å². The van der Waals surface area contributed by atoms with Crippen LogP contribution in [0.25, 0.3) is 0 Å². The predicted molar refractivity (Wildman–Crippen MR) is 145 cm³/mol. The molecule has 6 nitrogen and oxygen atoms in total. The minimum absolute atomic E-state index is 0.0220. The van der Waals surface area contributed by atoms with Gasteiger partial charge in [-0.3, -0.25) is 4.79 Å². The van der Waals surface area contributed by atoms with Crippen LogP contribution in [-0.4, -0.2) is 24.7 Å². The maximum Gasteiger partial charge on any atom is 0.323 e. The molecule has 1 saturated carbocycles. The lowest BCUT2D eigenvalue weighted by Gasteiger charge is -2.19. The van der Waals surface area contributed by atoms with Gasteiger partial charge in [-0.2, -0.15) is 0 Å². The minimum atomic E-state index is -0.337. The highest BCUT2D eigenvalue weighted by Gasteiger charge is 2.46. The monoisotopic (exact) mass is 498 g/mol. The molecule has 2 N–H and O–H groups in total. The molecule has 6 heteroatoms. The molecule has 0 aromatic heterocycles. The zero-order chi connectivity index (χ0) is 25.9. The Bertz CT molecular complexity index is 1270. The summed E-state index contributed by atoms with van der Waals surface area (Å²) in [6.07, 6.45) is 2.58. The first-order valence-electron chi connectivity index (χ1n) is 13.1. The molecule has 0 unspecified atom stereocenters. The Morgan fingerprint density at radius 2 is 1.76 bits per heavy atom. The summed E-state index contributed by atoms with van der Waals surface area (Å²) in [4.78, 5) is 25.3. The lowest BCUT2D eigenvalue weighted by molar-refractivity contribution is -0.143. The molecule has 1 fully saturated rings. The highest BCUT2D eigenvalue weighted by molar-refractivity contribution is 6.01. The second-order valence-corrected chi connectivity index (χ2v) is 10.2. The van der Waals surface area contributed by atoms with Crippen LogP contribution in [0.2, 0.25) is 0 Å². The SMILES string of the molecule is CCOC(=O)C[C@@H](C)c1cc(NC(=O)Nc2ccc(C)cc2)c2c(c1)[C@H](c1ccccc1)[C@@H](C1CC1)O2. The number of benzene rings is 3. The van der Waals surface area contributed by atoms with E-state index >= 15 is 0 Å². The third-order valence-electron chi connectivity index (χ3n) is 7.21. The smallest absolute Gasteiger partial charge is 0.323 e. The van der Waals surface area contributed by atoms with Crippen LogP contribution in [0.3, 0.4) is 0 Å². The number of ether oxygens (including phenoxy) is 2. The molecule has 3 atom stereocenters. The number of esters is 1. The Kier molecular flexibility index (Phi) is 7.17. The summed E-state index contributed by atoms with van der Waals surface area (Å²) in [5.41, 5.74) is 5.68. The maximum absolute atomic E-state index is 13.0. The number of hydrogen-bond acceptors (Lipinski definition) is 4. The van der Waals surface area contributed by atoms with Gasteiger partial charge in [-0.15, -0.1) is 0 Å². The lowest BCUT2D eigenvalue weighted by Crippen LogP contribution is -2.22. The van der Waals surface area contributed by atoms with Crippen LogP contribution < -0.4 is 15.4 Å². The van der Waals surface area contributed by atoms with Crippen LogP contribution >= 0.6 is 0 Å². The lowest BCUT2D eigenvalue weighted by atomic mass is 9.84. The summed E-state index contributed by atoms with van der Waals surface area (Å²) in [7, 11) is 0. The normalized spacial score (nSPS) is 18.9. The molecule has 0 bridgehead atoms. The third kappa shape index (κ3) is 5.63. The van der Waals surface area contributed by atoms with Gasteiger partial charge in [0.15, 0.2) is 0 Å². The van der Waals surface area contributed by atoms with Crippen molar-refractivity contribution < 1.29 is 19.1 Å². The van der Waals surface area contributed by atoms with E-state index < -0.39 is 0 Å². The van der Waals surface area contributed by atoms with E-state index in [1.54, 1.807) is 0 Å². The Morgan fingerprint density at radius 3 is 2.43 bits per heavy atom. The van der Waals surface area contributed by atoms with Crippen LogP contribution in [-0.2, 0) is 9.53 Å². The predicted octanol–water partition coefficient (Wildman–Crippen LogP) is 7.00. The zero-order valence-corrected chi connectivity index (χ0v) is 21.6. The van der Waals surface area contributed by atoms with Crippen LogP contribution in [0.15, 0.2) is 66.7 Å². The number of nitrogens with one attached hydrogen (secondary N) is 2. The quantitative estimate of drug-likeness (QED) is 0.328. The fraction of sp³-hybridized carbons (Fsp3) is 0.355. The van der Waals surface area contributed by atoms with Crippen molar-refractivity contribution in [2.45, 2.75) is 58.0 Å². The first kappa shape index (κ1) is 24.9. The van der Waals surface area contributed by atoms with Crippen molar-refractivity contribution in [2.24, 2.45) is 5.92 Å². The average Bonchev–Trinajstić information content (AvgIpc) is 3.66. The molecule has 0 spiro atoms. The number of fused-ring (bicyclic) bond motifs is 1. The number of anilines is 2. The van der Waals surface area contributed by atoms with Gasteiger partial charge in [0.2, 0.25) is 0 Å². The van der Waals surface area contributed by atoms with E-state index in [-0.39, 0.29) is 36.4 Å². The summed E-state index contributed by atoms with van der Waals surface area (Å²) in [5, 5.41) is 5.96. The van der Waals surface area contributed by atoms with E-state index in [2.05, 4.69) is 41.0 Å². The highest BCUT2D eigenvalue weighted by Crippen LogP contribution is 2.53. The van der Waals surface area contributed by atoms with Crippen molar-refractivity contribution in [3.63, 3.8) is 0 Å². The van der Waals surface area contributed by atoms with Crippen LogP contribution in [0.4, 0.5) is 16.2 Å². The summed E-state index contributed by atoms with van der Waals surface area (Å²) in [6, 6.07) is 21.8. The molecule has 2 amide bonds. The van der Waals surface area contributed by atoms with Crippen LogP contribution in [0, 0.1) is 12.8 Å². The minimum Gasteiger partial charge on any atom is -0.487 e. The molecule has 0 radical (unpaired) electrons. The molecule has 5 rings (SSSR count). The third-order valence-corrected chi connectivity index (χ3v) is 7.21. The maximum atomic E-state index is 13.0. The highest BCUT2D eigenvalue weighted by atomic mass is 16.5. The summed E-state index contributed by atoms with van der Waals surface area (Å²) in [6.45, 7) is 6.19. The molecule has 2 aliphatic rings. The van der Waals surface area contributed by atoms with E-state index in [1.165, 1.54) is 5.56 Å². The van der Waals surface area contributed by atoms with E-state index in [0.717, 1.165) is 35.3 Å². The number of rotatable bonds is 8. The van der Waals surface area contributed by atoms with Gasteiger partial charge in [0, 0.05) is 17.2 Å². The molecule has 1 heterocycles. The first-order chi connectivity index (χ1) is 17.9. The fourth-order valence-corrected chi connectivity index (χ4v) is 5.13. The molecule has 1 aliphatic carbocycles. The molecular formula is C31H34N2O4. The Morgan fingerprint density at radius 1 is 1.03 bits per heavy atom. The average molecular weight is 499 g/mol. The molecule has 3 aromatic rings. The number of urea groups is 1. The largest absolute Gasteiger partial charge is 0.487 e. The summed E-state index contributed by atoms with van der Waals surface area (Å²) < 4.78 is 11.8. The molecule has 192 valence electrons. The van der Waals surface area contributed by atoms with Gasteiger partial charge < -0.3 is 20.1 Å². The topological polar surface area (TPSA) is 76.7 Å². The Balaban J connectivity index is 1.50. The first-order valence-corrected chi connectivity index (χ1v) is 13.1. The second-order valence-electron chi connectivity index (χ2n) is 10.2. The second kappa shape index (κ2) is 10.7. The summed E-state index contributed by atoms with van der Waals surface area (Å²) in [5.74, 6) is 0.971. The van der Waals surface area contributed by atoms with Gasteiger partial charge in [-0.25, -0.2) is 4.79 Å². The molecule has 1 aliphatic heterocycles. The van der Waals surface area contributed by atoms with Crippen molar-refractivity contribution >= 4 is 23.4 Å². The van der Waals surface area contributed by atoms with E-state index in [0.29, 0.717) is 23.9 Å². The van der Waals surface area contributed by atoms with Crippen molar-refractivity contribution in [3.05, 3.63) is 89.0 Å². The van der Waals surface area contributed by atoms with Gasteiger partial charge in [0.05, 0.1) is 18.7 Å². The number of aryl methyl sites for hydroxylation is 1. The zero-order valence-electron chi connectivity index (χ0n) is 21.6. The van der Waals surface area contributed by atoms with Crippen molar-refractivity contribution in [1.29, 1.82) is 0 Å². The van der Waals surface area contributed by atoms with E-state index in [9.17, 15) is 9.59 Å². The van der Waals surface area contributed by atoms with E-state index in [1.807, 2.05) is 57.2 Å². The van der Waals surface area contributed by atoms with Crippen LogP contribution in [0.1, 0.15) is 67.2 Å². The summed E-state index contributed by atoms with van der Waals surface area (Å²) >= 11 is 0.